The van der Waals surface area contributed by atoms with Crippen LogP contribution in [0.1, 0.15) is 272 Å². The molecule has 748 valence electrons. The number of hydrogen-bond acceptors (Lipinski definition) is 14. The van der Waals surface area contributed by atoms with Crippen molar-refractivity contribution in [3.63, 3.8) is 0 Å². The Kier molecular flexibility index (Phi) is 51.6. The number of unbranched alkanes of at least 4 members (excludes halogenated alkanes) is 6. The van der Waals surface area contributed by atoms with Gasteiger partial charge in [-0.3, -0.25) is 24.9 Å². The molecule has 0 aliphatic carbocycles. The Balaban J connectivity index is 0.000000282. The molecule has 5 heterocycles. The van der Waals surface area contributed by atoms with E-state index in [1.54, 1.807) is 32.9 Å². The molecule has 4 atom stereocenters. The van der Waals surface area contributed by atoms with Gasteiger partial charge in [0.2, 0.25) is 0 Å². The van der Waals surface area contributed by atoms with Gasteiger partial charge in [-0.05, 0) is 186 Å². The van der Waals surface area contributed by atoms with Crippen LogP contribution in [0, 0.1) is 7.14 Å². The number of nitrogens with zero attached hydrogens (tertiary/aromatic N) is 5. The number of allylic oxidation sites excluding steroid dienone is 2. The summed E-state index contributed by atoms with van der Waals surface area (Å²) < 4.78 is 53.5. The molecule has 5 aliphatic rings. The molecule has 2 N–H and O–H groups in total. The van der Waals surface area contributed by atoms with E-state index in [9.17, 15) is 33.9 Å². The summed E-state index contributed by atoms with van der Waals surface area (Å²) >= 11 is 10.00. The van der Waals surface area contributed by atoms with E-state index >= 15 is 0 Å². The fraction of sp³-hybridized carbons (Fsp3) is 0.560. The molecule has 4 unspecified atom stereocenters. The molecule has 0 radical (unpaired) electrons. The number of aliphatic hydroxyl groups excluding tert-OH is 1. The maximum absolute atomic E-state index is 13.1. The van der Waals surface area contributed by atoms with E-state index in [2.05, 4.69) is 130 Å². The molecule has 0 bridgehead atoms. The second kappa shape index (κ2) is 58.3. The van der Waals surface area contributed by atoms with Crippen LogP contribution < -0.4 is 29.8 Å². The van der Waals surface area contributed by atoms with Crippen LogP contribution in [0.5, 0.6) is 0 Å². The minimum absolute atomic E-state index is 0.0626. The summed E-state index contributed by atoms with van der Waals surface area (Å²) in [6.45, 7) is 50.1. The molecule has 0 saturated carbocycles. The summed E-state index contributed by atoms with van der Waals surface area (Å²) in [6.07, 6.45) is 26.7. The van der Waals surface area contributed by atoms with Crippen molar-refractivity contribution in [1.82, 2.24) is 0 Å². The zero-order chi connectivity index (χ0) is 101. The van der Waals surface area contributed by atoms with E-state index in [1.165, 1.54) is 99.7 Å². The third kappa shape index (κ3) is 44.7. The van der Waals surface area contributed by atoms with Crippen molar-refractivity contribution in [2.24, 2.45) is 0 Å². The monoisotopic (exact) mass is 2390 g/mol. The van der Waals surface area contributed by atoms with Crippen molar-refractivity contribution >= 4 is 186 Å². The van der Waals surface area contributed by atoms with Gasteiger partial charge in [0.25, 0.3) is 0 Å². The molecule has 5 aliphatic heterocycles. The Morgan fingerprint density at radius 3 is 1.36 bits per heavy atom. The molecule has 135 heavy (non-hydrogen) atoms. The summed E-state index contributed by atoms with van der Waals surface area (Å²) in [7, 11) is 0. The summed E-state index contributed by atoms with van der Waals surface area (Å²) in [4.78, 5) is 81.3. The van der Waals surface area contributed by atoms with E-state index in [-0.39, 0.29) is 48.5 Å². The van der Waals surface area contributed by atoms with Gasteiger partial charge >= 0.3 is 370 Å². The van der Waals surface area contributed by atoms with Crippen LogP contribution in [0.4, 0.5) is 62.9 Å². The fourth-order valence-electron chi connectivity index (χ4n) is 15.7. The first kappa shape index (κ1) is 119. The number of ether oxygens (including phenoxy) is 7. The van der Waals surface area contributed by atoms with Crippen molar-refractivity contribution < 1.29 is 67.0 Å². The van der Waals surface area contributed by atoms with Crippen molar-refractivity contribution in [3.05, 3.63) is 203 Å². The van der Waals surface area contributed by atoms with Crippen LogP contribution in [0.2, 0.25) is 31.1 Å². The number of aliphatic hydroxyl groups is 1. The van der Waals surface area contributed by atoms with Crippen LogP contribution in [0.3, 0.4) is 0 Å². The topological polar surface area (TPSA) is 219 Å². The van der Waals surface area contributed by atoms with Gasteiger partial charge in [-0.2, -0.15) is 0 Å². The predicted octanol–water partition coefficient (Wildman–Crippen LogP) is 31.7. The van der Waals surface area contributed by atoms with E-state index in [1.807, 2.05) is 282 Å². The van der Waals surface area contributed by atoms with Gasteiger partial charge in [-0.25, -0.2) is 24.0 Å². The molecule has 1 fully saturated rings. The fourth-order valence-corrected chi connectivity index (χ4v) is 47.1. The predicted molar refractivity (Wildman–Crippen MR) is 588 cm³/mol. The number of nitrogens with one attached hydrogen (secondary N) is 1. The Bertz CT molecular complexity index is 4550. The second-order valence-electron chi connectivity index (χ2n) is 41.3. The Labute approximate surface area is 860 Å². The van der Waals surface area contributed by atoms with Gasteiger partial charge in [-0.15, -0.1) is 11.6 Å². The molecule has 6 aromatic rings. The van der Waals surface area contributed by atoms with Gasteiger partial charge in [-0.1, -0.05) is 97.1 Å². The zero-order valence-electron chi connectivity index (χ0n) is 85.7. The number of fused-ring (bicyclic) bond motifs is 6. The molecule has 26 heteroatoms. The minimum atomic E-state index is -2.37. The number of rotatable bonds is 26. The molecule has 0 aromatic heterocycles. The van der Waals surface area contributed by atoms with Gasteiger partial charge in [0.1, 0.15) is 40.2 Å². The first-order valence-electron chi connectivity index (χ1n) is 48.8. The molecular weight excluding hydrogens is 2220 g/mol. The number of amides is 6. The van der Waals surface area contributed by atoms with Crippen molar-refractivity contribution in [3.8, 4) is 0 Å². The molecule has 0 spiro atoms. The maximum atomic E-state index is 13.1. The first-order chi connectivity index (χ1) is 63.5. The Morgan fingerprint density at radius 2 is 0.881 bits per heavy atom. The number of halogens is 4. The van der Waals surface area contributed by atoms with Crippen LogP contribution in [-0.4, -0.2) is 168 Å². The molecule has 6 amide bonds. The number of carbonyl (C=O) groups excluding carboxylic acids is 6. The number of hydrogen-bond donors (Lipinski definition) is 2. The van der Waals surface area contributed by atoms with Crippen molar-refractivity contribution in [1.29, 1.82) is 0 Å². The summed E-state index contributed by atoms with van der Waals surface area (Å²) in [5.41, 5.74) is 6.50. The van der Waals surface area contributed by atoms with E-state index < -0.39 is 88.7 Å². The van der Waals surface area contributed by atoms with Crippen LogP contribution >= 0.6 is 72.7 Å². The molecule has 1 saturated heterocycles. The van der Waals surface area contributed by atoms with Crippen LogP contribution in [0.25, 0.3) is 6.08 Å². The quantitative estimate of drug-likeness (QED) is 0.0129. The number of epoxide rings is 1. The van der Waals surface area contributed by atoms with Gasteiger partial charge in [0.05, 0.1) is 53.0 Å². The number of anilines is 6. The SMILES string of the molecule is CC(C)(C)OC(=O)N1CC(Cl)Cc2ccccc21.CC(C)(C)OC(=O)N1CC(O)Cc2ccccc21.CC(C)(C)OC(=O)N1CC2OC2c2ccccc21.CC(C)(C)OC(=O)N1CC=Cc2ccccc21.CC(C)(C)OC(=O)Nc1ccccc1I.CCC[CH2][Sn](/[CH]=C\CN(C(=O)OC(C)(C)C)c1ccccc1I)([CH2]CCC)[CH2]CCC.CCC[CH2][Sn]([CH2]/C=C\CBr)([CH2]CCC)[CH2]CCC. The number of alkyl halides is 2. The summed E-state index contributed by atoms with van der Waals surface area (Å²) in [5, 5.41) is 13.5. The Hall–Kier alpha value is -6.09. The molecule has 20 nitrogen and oxygen atoms in total. The van der Waals surface area contributed by atoms with E-state index in [0.717, 1.165) is 75.3 Å². The number of para-hydroxylation sites is 6. The number of carbonyl (C=O) groups is 6. The normalized spacial score (nSPS) is 16.0. The average molecular weight is 2390 g/mol. The zero-order valence-corrected chi connectivity index (χ0v) is 98.1. The van der Waals surface area contributed by atoms with Crippen molar-refractivity contribution in [2.45, 2.75) is 344 Å². The molecular formula is C109H162BrClI2N6O14Sn2. The van der Waals surface area contributed by atoms with E-state index in [0.29, 0.717) is 32.6 Å². The van der Waals surface area contributed by atoms with Gasteiger partial charge in [0, 0.05) is 28.6 Å². The average Bonchev–Trinajstić information content (AvgIpc) is 1.59. The van der Waals surface area contributed by atoms with Crippen LogP contribution in [-0.2, 0) is 46.0 Å². The summed E-state index contributed by atoms with van der Waals surface area (Å²) in [6, 6.07) is 46.7. The first-order valence-corrected chi connectivity index (χ1v) is 68.3. The third-order valence-corrected chi connectivity index (χ3v) is 54.1. The van der Waals surface area contributed by atoms with E-state index in [4.69, 9.17) is 44.8 Å². The number of β-amino-alcohol motifs (C(OH)–C–C–N with tert-alkyl or cyclic N) is 1. The second-order valence-corrected chi connectivity index (χ2v) is 71.9. The molecule has 11 rings (SSSR count). The Morgan fingerprint density at radius 1 is 0.474 bits per heavy atom. The summed E-state index contributed by atoms with van der Waals surface area (Å²) in [5.74, 6) is 0. The number of benzene rings is 6. The van der Waals surface area contributed by atoms with Gasteiger partial charge < -0.3 is 33.5 Å². The standard InChI is InChI=1S/C14H18ClNO2.C14H17INO2.C14H17NO3.C14H19NO3.C14H17NO2.C11H14INO2.C4H6Br.6C4H9.2Sn/c1-14(2,3)18-13(17)16-9-11(15)8-10-6-4-5-7-12(10)16;1-5-10-16(13(17)18-14(2,3)4)12-9-7-6-8-11(12)15;1-14(2,3)18-13(16)15-8-11-12(17-11)9-6-4-5-7-10(9)15;1-14(2,3)18-13(17)15-9-11(16)8-10-6-4-5-7-12(10)15;1-14(2,3)17-13(16)15-10-6-8-11-7-4-5-9-12(11)15;1-11(2,3)15-10(14)13-9-7-5-4-6-8(9)12;1-2-3-4-5;6*1-3-4-2;;/h4-7,11H,8-9H2,1-3H3;1,5-9H,10H2,2-4H3;4-7,11-12H,8H2,1-3H3;4-7,11,16H,8-9H2,1-3H3;4-9H,10H2,1-3H3;4-7H,1-3H3,(H,13,14);2-3H,1,4H2;6*1,3-4H2,2H3;;/b;;;;;;3-2-;;;;;;;;. The molecule has 6 aromatic carbocycles. The van der Waals surface area contributed by atoms with Crippen molar-refractivity contribution in [2.75, 3.05) is 67.9 Å². The third-order valence-electron chi connectivity index (χ3n) is 22.1. The van der Waals surface area contributed by atoms with Gasteiger partial charge in [0.15, 0.2) is 0 Å². The van der Waals surface area contributed by atoms with Crippen LogP contribution in [0.15, 0.2) is 174 Å².